The van der Waals surface area contributed by atoms with Gasteiger partial charge in [-0.3, -0.25) is 4.79 Å². The van der Waals surface area contributed by atoms with Gasteiger partial charge in [0.05, 0.1) is 0 Å². The van der Waals surface area contributed by atoms with E-state index in [1.807, 2.05) is 0 Å². The van der Waals surface area contributed by atoms with Crippen LogP contribution in [0.1, 0.15) is 32.1 Å². The summed E-state index contributed by atoms with van der Waals surface area (Å²) in [7, 11) is 0. The molecular weight excluding hydrogens is 158 g/mol. The highest BCUT2D eigenvalue weighted by molar-refractivity contribution is 7.80. The molecule has 1 rings (SSSR count). The van der Waals surface area contributed by atoms with Crippen LogP contribution >= 0.6 is 12.6 Å². The molecule has 0 unspecified atom stereocenters. The normalized spacial score (nSPS) is 17.5. The van der Waals surface area contributed by atoms with E-state index in [1.54, 1.807) is 0 Å². The van der Waals surface area contributed by atoms with Crippen LogP contribution in [0.4, 0.5) is 0 Å². The standard InChI is InChI=1S/C8H15NOS/c10-8(5-2-6-11)9-7-3-1-4-7/h7,11H,1-6H2,(H,9,10). The number of carbonyl (C=O) groups excluding carboxylic acids is 1. The summed E-state index contributed by atoms with van der Waals surface area (Å²) in [4.78, 5) is 11.1. The van der Waals surface area contributed by atoms with Crippen molar-refractivity contribution in [3.63, 3.8) is 0 Å². The van der Waals surface area contributed by atoms with Crippen LogP contribution in [0.3, 0.4) is 0 Å². The van der Waals surface area contributed by atoms with E-state index in [4.69, 9.17) is 0 Å². The predicted octanol–water partition coefficient (Wildman–Crippen LogP) is 1.37. The zero-order chi connectivity index (χ0) is 8.10. The van der Waals surface area contributed by atoms with E-state index < -0.39 is 0 Å². The Bertz CT molecular complexity index is 134. The quantitative estimate of drug-likeness (QED) is 0.618. The average molecular weight is 173 g/mol. The highest BCUT2D eigenvalue weighted by atomic mass is 32.1. The summed E-state index contributed by atoms with van der Waals surface area (Å²) < 4.78 is 0. The maximum atomic E-state index is 11.1. The predicted molar refractivity (Wildman–Crippen MR) is 48.9 cm³/mol. The van der Waals surface area contributed by atoms with Crippen molar-refractivity contribution in [1.82, 2.24) is 5.32 Å². The van der Waals surface area contributed by atoms with Gasteiger partial charge in [-0.1, -0.05) is 0 Å². The zero-order valence-corrected chi connectivity index (χ0v) is 7.57. The Morgan fingerprint density at radius 2 is 2.27 bits per heavy atom. The molecule has 0 aliphatic heterocycles. The van der Waals surface area contributed by atoms with Crippen LogP contribution < -0.4 is 5.32 Å². The number of nitrogens with one attached hydrogen (secondary N) is 1. The molecule has 1 fully saturated rings. The summed E-state index contributed by atoms with van der Waals surface area (Å²) in [6, 6.07) is 0.488. The molecule has 0 aromatic carbocycles. The Labute approximate surface area is 73.2 Å². The molecule has 0 saturated heterocycles. The minimum Gasteiger partial charge on any atom is -0.353 e. The third-order valence-electron chi connectivity index (χ3n) is 2.03. The maximum absolute atomic E-state index is 11.1. The summed E-state index contributed by atoms with van der Waals surface area (Å²) >= 11 is 4.04. The van der Waals surface area contributed by atoms with Crippen molar-refractivity contribution in [3.05, 3.63) is 0 Å². The average Bonchev–Trinajstić information content (AvgIpc) is 1.93. The van der Waals surface area contributed by atoms with Crippen LogP contribution in [0.2, 0.25) is 0 Å². The van der Waals surface area contributed by atoms with Gasteiger partial charge in [-0.15, -0.1) is 0 Å². The molecule has 0 radical (unpaired) electrons. The maximum Gasteiger partial charge on any atom is 0.220 e. The molecule has 1 saturated carbocycles. The SMILES string of the molecule is O=C(CCCS)NC1CCC1. The molecule has 0 bridgehead atoms. The number of carbonyl (C=O) groups is 1. The third kappa shape index (κ3) is 3.14. The van der Waals surface area contributed by atoms with Crippen molar-refractivity contribution in [2.75, 3.05) is 5.75 Å². The number of thiol groups is 1. The molecule has 2 nitrogen and oxygen atoms in total. The van der Waals surface area contributed by atoms with Crippen molar-refractivity contribution < 1.29 is 4.79 Å². The first-order valence-electron chi connectivity index (χ1n) is 4.23. The Hall–Kier alpha value is -0.180. The molecule has 0 aromatic heterocycles. The largest absolute Gasteiger partial charge is 0.353 e. The summed E-state index contributed by atoms with van der Waals surface area (Å²) in [5.41, 5.74) is 0. The van der Waals surface area contributed by atoms with E-state index >= 15 is 0 Å². The van der Waals surface area contributed by atoms with Crippen LogP contribution in [0.25, 0.3) is 0 Å². The number of hydrogen-bond acceptors (Lipinski definition) is 2. The lowest BCUT2D eigenvalue weighted by Crippen LogP contribution is -2.39. The Balaban J connectivity index is 2.00. The summed E-state index contributed by atoms with van der Waals surface area (Å²) in [5.74, 6) is 1.00. The first kappa shape index (κ1) is 8.91. The van der Waals surface area contributed by atoms with E-state index in [0.717, 1.165) is 12.2 Å². The first-order chi connectivity index (χ1) is 5.33. The smallest absolute Gasteiger partial charge is 0.220 e. The fourth-order valence-corrected chi connectivity index (χ4v) is 1.25. The molecule has 0 aromatic rings. The van der Waals surface area contributed by atoms with Crippen molar-refractivity contribution >= 4 is 18.5 Å². The van der Waals surface area contributed by atoms with Gasteiger partial charge in [0.1, 0.15) is 0 Å². The van der Waals surface area contributed by atoms with Gasteiger partial charge in [0, 0.05) is 12.5 Å². The Kier molecular flexibility index (Phi) is 3.77. The van der Waals surface area contributed by atoms with Crippen LogP contribution in [0.15, 0.2) is 0 Å². The third-order valence-corrected chi connectivity index (χ3v) is 2.35. The minimum absolute atomic E-state index is 0.198. The highest BCUT2D eigenvalue weighted by Gasteiger charge is 2.18. The van der Waals surface area contributed by atoms with Crippen LogP contribution in [0, 0.1) is 0 Å². The van der Waals surface area contributed by atoms with Gasteiger partial charge in [-0.05, 0) is 31.4 Å². The number of rotatable bonds is 4. The lowest BCUT2D eigenvalue weighted by molar-refractivity contribution is -0.122. The van der Waals surface area contributed by atoms with Crippen molar-refractivity contribution in [1.29, 1.82) is 0 Å². The Morgan fingerprint density at radius 3 is 2.73 bits per heavy atom. The van der Waals surface area contributed by atoms with E-state index in [0.29, 0.717) is 12.5 Å². The number of hydrogen-bond donors (Lipinski definition) is 2. The van der Waals surface area contributed by atoms with Gasteiger partial charge in [0.2, 0.25) is 5.91 Å². The second kappa shape index (κ2) is 4.65. The second-order valence-corrected chi connectivity index (χ2v) is 3.47. The molecule has 1 aliphatic rings. The van der Waals surface area contributed by atoms with Crippen LogP contribution in [-0.4, -0.2) is 17.7 Å². The molecule has 0 atom stereocenters. The van der Waals surface area contributed by atoms with Gasteiger partial charge in [-0.2, -0.15) is 12.6 Å². The number of amides is 1. The molecule has 3 heteroatoms. The van der Waals surface area contributed by atoms with Crippen LogP contribution in [0.5, 0.6) is 0 Å². The fourth-order valence-electron chi connectivity index (χ4n) is 1.09. The van der Waals surface area contributed by atoms with E-state index in [2.05, 4.69) is 17.9 Å². The molecule has 0 spiro atoms. The fraction of sp³-hybridized carbons (Fsp3) is 0.875. The molecular formula is C8H15NOS. The van der Waals surface area contributed by atoms with Crippen molar-refractivity contribution in [2.45, 2.75) is 38.1 Å². The monoisotopic (exact) mass is 173 g/mol. The summed E-state index contributed by atoms with van der Waals surface area (Å²) in [6.45, 7) is 0. The topological polar surface area (TPSA) is 29.1 Å². The molecule has 64 valence electrons. The summed E-state index contributed by atoms with van der Waals surface area (Å²) in [6.07, 6.45) is 5.15. The van der Waals surface area contributed by atoms with E-state index in [-0.39, 0.29) is 5.91 Å². The van der Waals surface area contributed by atoms with E-state index in [1.165, 1.54) is 19.3 Å². The zero-order valence-electron chi connectivity index (χ0n) is 6.68. The summed E-state index contributed by atoms with van der Waals surface area (Å²) in [5, 5.41) is 2.98. The lowest BCUT2D eigenvalue weighted by Gasteiger charge is -2.26. The molecule has 11 heavy (non-hydrogen) atoms. The molecule has 1 N–H and O–H groups in total. The van der Waals surface area contributed by atoms with Crippen molar-refractivity contribution in [2.24, 2.45) is 0 Å². The first-order valence-corrected chi connectivity index (χ1v) is 4.86. The molecule has 1 aliphatic carbocycles. The van der Waals surface area contributed by atoms with Gasteiger partial charge in [0.25, 0.3) is 0 Å². The van der Waals surface area contributed by atoms with Crippen LogP contribution in [-0.2, 0) is 4.79 Å². The second-order valence-electron chi connectivity index (χ2n) is 3.02. The lowest BCUT2D eigenvalue weighted by atomic mass is 9.93. The van der Waals surface area contributed by atoms with Gasteiger partial charge >= 0.3 is 0 Å². The Morgan fingerprint density at radius 1 is 1.55 bits per heavy atom. The van der Waals surface area contributed by atoms with E-state index in [9.17, 15) is 4.79 Å². The molecule has 0 heterocycles. The van der Waals surface area contributed by atoms with Crippen molar-refractivity contribution in [3.8, 4) is 0 Å². The minimum atomic E-state index is 0.198. The van der Waals surface area contributed by atoms with Gasteiger partial charge in [0.15, 0.2) is 0 Å². The van der Waals surface area contributed by atoms with Gasteiger partial charge in [-0.25, -0.2) is 0 Å². The van der Waals surface area contributed by atoms with Gasteiger partial charge < -0.3 is 5.32 Å². The molecule has 1 amide bonds. The highest BCUT2D eigenvalue weighted by Crippen LogP contribution is 2.17.